The zero-order valence-corrected chi connectivity index (χ0v) is 14.2. The van der Waals surface area contributed by atoms with Gasteiger partial charge in [0.1, 0.15) is 5.00 Å². The number of ether oxygens (including phenoxy) is 2. The van der Waals surface area contributed by atoms with Crippen molar-refractivity contribution >= 4 is 28.4 Å². The maximum absolute atomic E-state index is 12.3. The normalized spacial score (nSPS) is 16.8. The third-order valence-corrected chi connectivity index (χ3v) is 5.09. The number of nitrogens with one attached hydrogen (secondary N) is 1. The lowest BCUT2D eigenvalue weighted by molar-refractivity contribution is 0.0526. The van der Waals surface area contributed by atoms with Crippen LogP contribution in [0.1, 0.15) is 54.4 Å². The summed E-state index contributed by atoms with van der Waals surface area (Å²) in [5.74, 6) is 0.290. The Kier molecular flexibility index (Phi) is 5.83. The number of carbonyl (C=O) groups excluding carboxylic acids is 2. The van der Waals surface area contributed by atoms with Crippen molar-refractivity contribution in [3.8, 4) is 0 Å². The van der Waals surface area contributed by atoms with Gasteiger partial charge in [-0.15, -0.1) is 11.3 Å². The SMILES string of the molecule is CCOC(=O)Nc1sc2c(c1C(=O)OCC)CC[C@H](CC)C2. The van der Waals surface area contributed by atoms with Gasteiger partial charge >= 0.3 is 12.1 Å². The van der Waals surface area contributed by atoms with Crippen molar-refractivity contribution in [2.45, 2.75) is 46.5 Å². The van der Waals surface area contributed by atoms with Crippen molar-refractivity contribution in [1.29, 1.82) is 0 Å². The zero-order chi connectivity index (χ0) is 16.1. The van der Waals surface area contributed by atoms with Crippen LogP contribution in [0.2, 0.25) is 0 Å². The first-order chi connectivity index (χ1) is 10.6. The molecule has 0 spiro atoms. The van der Waals surface area contributed by atoms with Gasteiger partial charge in [0.05, 0.1) is 18.8 Å². The van der Waals surface area contributed by atoms with Crippen molar-refractivity contribution in [2.24, 2.45) is 5.92 Å². The van der Waals surface area contributed by atoms with E-state index in [0.29, 0.717) is 29.7 Å². The van der Waals surface area contributed by atoms with E-state index in [1.165, 1.54) is 16.2 Å². The summed E-state index contributed by atoms with van der Waals surface area (Å²) in [6.45, 7) is 6.33. The van der Waals surface area contributed by atoms with Crippen LogP contribution in [0.25, 0.3) is 0 Å². The molecule has 0 unspecified atom stereocenters. The van der Waals surface area contributed by atoms with E-state index in [9.17, 15) is 9.59 Å². The fourth-order valence-corrected chi connectivity index (χ4v) is 4.11. The number of hydrogen-bond acceptors (Lipinski definition) is 5. The van der Waals surface area contributed by atoms with Gasteiger partial charge in [-0.3, -0.25) is 5.32 Å². The molecular weight excluding hydrogens is 302 g/mol. The summed E-state index contributed by atoms with van der Waals surface area (Å²) in [6, 6.07) is 0. The van der Waals surface area contributed by atoms with Crippen LogP contribution in [0.4, 0.5) is 9.80 Å². The number of rotatable bonds is 5. The van der Waals surface area contributed by atoms with Gasteiger partial charge < -0.3 is 9.47 Å². The smallest absolute Gasteiger partial charge is 0.412 e. The Bertz CT molecular complexity index is 553. The first-order valence-electron chi connectivity index (χ1n) is 7.86. The molecule has 1 aromatic heterocycles. The molecule has 1 amide bonds. The van der Waals surface area contributed by atoms with Gasteiger partial charge in [-0.05, 0) is 44.6 Å². The highest BCUT2D eigenvalue weighted by Gasteiger charge is 2.29. The lowest BCUT2D eigenvalue weighted by Crippen LogP contribution is -2.17. The third-order valence-electron chi connectivity index (χ3n) is 3.92. The number of carbonyl (C=O) groups is 2. The van der Waals surface area contributed by atoms with Gasteiger partial charge in [0.15, 0.2) is 0 Å². The molecule has 0 aromatic carbocycles. The molecule has 22 heavy (non-hydrogen) atoms. The first kappa shape index (κ1) is 16.8. The maximum atomic E-state index is 12.3. The van der Waals surface area contributed by atoms with Crippen LogP contribution >= 0.6 is 11.3 Å². The van der Waals surface area contributed by atoms with Gasteiger partial charge in [0.25, 0.3) is 0 Å². The molecule has 5 nitrogen and oxygen atoms in total. The van der Waals surface area contributed by atoms with Crippen LogP contribution in [-0.4, -0.2) is 25.3 Å². The average molecular weight is 325 g/mol. The predicted octanol–water partition coefficient (Wildman–Crippen LogP) is 4.01. The van der Waals surface area contributed by atoms with Crippen molar-refractivity contribution < 1.29 is 19.1 Å². The van der Waals surface area contributed by atoms with Gasteiger partial charge in [-0.25, -0.2) is 9.59 Å². The molecule has 1 aliphatic rings. The molecule has 1 aliphatic carbocycles. The highest BCUT2D eigenvalue weighted by Crippen LogP contribution is 2.40. The molecule has 0 saturated carbocycles. The summed E-state index contributed by atoms with van der Waals surface area (Å²) in [5, 5.41) is 3.25. The van der Waals surface area contributed by atoms with Crippen LogP contribution in [0.3, 0.4) is 0 Å². The van der Waals surface area contributed by atoms with Gasteiger partial charge in [-0.1, -0.05) is 13.3 Å². The number of thiophene rings is 1. The fourth-order valence-electron chi connectivity index (χ4n) is 2.77. The van der Waals surface area contributed by atoms with Gasteiger partial charge in [-0.2, -0.15) is 0 Å². The van der Waals surface area contributed by atoms with Crippen molar-refractivity contribution in [1.82, 2.24) is 0 Å². The van der Waals surface area contributed by atoms with E-state index >= 15 is 0 Å². The average Bonchev–Trinajstić information content (AvgIpc) is 2.84. The van der Waals surface area contributed by atoms with Crippen molar-refractivity contribution in [2.75, 3.05) is 18.5 Å². The van der Waals surface area contributed by atoms with Crippen LogP contribution in [-0.2, 0) is 22.3 Å². The monoisotopic (exact) mass is 325 g/mol. The predicted molar refractivity (Wildman–Crippen MR) is 86.7 cm³/mol. The van der Waals surface area contributed by atoms with Crippen LogP contribution in [0.15, 0.2) is 0 Å². The minimum absolute atomic E-state index is 0.295. The Morgan fingerprint density at radius 1 is 1.23 bits per heavy atom. The Morgan fingerprint density at radius 2 is 1.95 bits per heavy atom. The standard InChI is InChI=1S/C16H23NO4S/c1-4-10-7-8-11-12(9-10)22-14(17-16(19)21-6-3)13(11)15(18)20-5-2/h10H,4-9H2,1-3H3,(H,17,19)/t10-/m0/s1. The maximum Gasteiger partial charge on any atom is 0.412 e. The minimum Gasteiger partial charge on any atom is -0.462 e. The van der Waals surface area contributed by atoms with Gasteiger partial charge in [0, 0.05) is 4.88 Å². The van der Waals surface area contributed by atoms with E-state index in [2.05, 4.69) is 12.2 Å². The van der Waals surface area contributed by atoms with E-state index in [1.807, 2.05) is 0 Å². The lowest BCUT2D eigenvalue weighted by Gasteiger charge is -2.20. The molecule has 0 bridgehead atoms. The molecule has 122 valence electrons. The molecule has 0 saturated heterocycles. The number of hydrogen-bond donors (Lipinski definition) is 1. The summed E-state index contributed by atoms with van der Waals surface area (Å²) >= 11 is 1.48. The van der Waals surface area contributed by atoms with E-state index in [-0.39, 0.29) is 5.97 Å². The Labute approximate surface area is 135 Å². The summed E-state index contributed by atoms with van der Waals surface area (Å²) in [4.78, 5) is 25.2. The molecule has 1 N–H and O–H groups in total. The van der Waals surface area contributed by atoms with E-state index in [4.69, 9.17) is 9.47 Å². The quantitative estimate of drug-likeness (QED) is 0.831. The fraction of sp³-hybridized carbons (Fsp3) is 0.625. The topological polar surface area (TPSA) is 64.6 Å². The van der Waals surface area contributed by atoms with E-state index < -0.39 is 6.09 Å². The molecule has 0 aliphatic heterocycles. The van der Waals surface area contributed by atoms with E-state index in [1.54, 1.807) is 13.8 Å². The number of anilines is 1. The summed E-state index contributed by atoms with van der Waals surface area (Å²) in [5.41, 5.74) is 1.56. The molecule has 0 fully saturated rings. The number of amides is 1. The molecule has 1 heterocycles. The second-order valence-corrected chi connectivity index (χ2v) is 6.40. The van der Waals surface area contributed by atoms with Crippen molar-refractivity contribution in [3.05, 3.63) is 16.0 Å². The lowest BCUT2D eigenvalue weighted by atomic mass is 9.86. The van der Waals surface area contributed by atoms with Crippen LogP contribution in [0.5, 0.6) is 0 Å². The second-order valence-electron chi connectivity index (χ2n) is 5.29. The first-order valence-corrected chi connectivity index (χ1v) is 8.67. The second kappa shape index (κ2) is 7.63. The molecule has 6 heteroatoms. The van der Waals surface area contributed by atoms with Crippen molar-refractivity contribution in [3.63, 3.8) is 0 Å². The third kappa shape index (κ3) is 3.61. The van der Waals surface area contributed by atoms with Gasteiger partial charge in [0.2, 0.25) is 0 Å². The Hall–Kier alpha value is -1.56. The molecular formula is C16H23NO4S. The number of fused-ring (bicyclic) bond motifs is 1. The molecule has 1 aromatic rings. The summed E-state index contributed by atoms with van der Waals surface area (Å²) in [7, 11) is 0. The van der Waals surface area contributed by atoms with Crippen LogP contribution in [0, 0.1) is 5.92 Å². The van der Waals surface area contributed by atoms with E-state index in [0.717, 1.165) is 31.2 Å². The minimum atomic E-state index is -0.529. The Balaban J connectivity index is 2.32. The highest BCUT2D eigenvalue weighted by atomic mass is 32.1. The summed E-state index contributed by atoms with van der Waals surface area (Å²) < 4.78 is 10.1. The molecule has 1 atom stereocenters. The molecule has 2 rings (SSSR count). The molecule has 0 radical (unpaired) electrons. The Morgan fingerprint density at radius 3 is 2.59 bits per heavy atom. The highest BCUT2D eigenvalue weighted by molar-refractivity contribution is 7.17. The van der Waals surface area contributed by atoms with Crippen LogP contribution < -0.4 is 5.32 Å². The zero-order valence-electron chi connectivity index (χ0n) is 13.4. The largest absolute Gasteiger partial charge is 0.462 e. The number of esters is 1. The summed E-state index contributed by atoms with van der Waals surface area (Å²) in [6.07, 6.45) is 3.51.